The van der Waals surface area contributed by atoms with E-state index in [0.29, 0.717) is 24.2 Å². The molecule has 2 aromatic carbocycles. The average Bonchev–Trinajstić information content (AvgIpc) is 2.53. The topological polar surface area (TPSA) is 26.3 Å². The molecule has 0 radical (unpaired) electrons. The van der Waals surface area contributed by atoms with Gasteiger partial charge < -0.3 is 4.74 Å². The third-order valence-electron chi connectivity index (χ3n) is 3.08. The third kappa shape index (κ3) is 4.75. The molecule has 0 heterocycles. The number of esters is 1. The van der Waals surface area contributed by atoms with Gasteiger partial charge in [-0.3, -0.25) is 4.79 Å². The monoisotopic (exact) mass is 296 g/mol. The van der Waals surface area contributed by atoms with Crippen molar-refractivity contribution in [3.8, 4) is 11.8 Å². The maximum atomic E-state index is 14.0. The Kier molecular flexibility index (Phi) is 5.73. The molecule has 0 bridgehead atoms. The lowest BCUT2D eigenvalue weighted by atomic mass is 10.1. The zero-order valence-electron chi connectivity index (χ0n) is 12.4. The van der Waals surface area contributed by atoms with E-state index in [0.717, 1.165) is 5.56 Å². The minimum Gasteiger partial charge on any atom is -0.466 e. The molecular weight excluding hydrogens is 279 g/mol. The number of halogens is 1. The summed E-state index contributed by atoms with van der Waals surface area (Å²) in [7, 11) is 0. The fourth-order valence-electron chi connectivity index (χ4n) is 1.96. The predicted octanol–water partition coefficient (Wildman–Crippen LogP) is 3.72. The quantitative estimate of drug-likeness (QED) is 0.635. The summed E-state index contributed by atoms with van der Waals surface area (Å²) in [5.41, 5.74) is 1.99. The van der Waals surface area contributed by atoms with Crippen LogP contribution in [0.25, 0.3) is 0 Å². The Morgan fingerprint density at radius 3 is 2.50 bits per heavy atom. The Balaban J connectivity index is 2.04. The number of rotatable bonds is 4. The van der Waals surface area contributed by atoms with Crippen LogP contribution in [0, 0.1) is 17.7 Å². The molecule has 0 amide bonds. The van der Waals surface area contributed by atoms with E-state index in [1.54, 1.807) is 19.1 Å². The van der Waals surface area contributed by atoms with Crippen molar-refractivity contribution < 1.29 is 13.9 Å². The second-order valence-electron chi connectivity index (χ2n) is 4.73. The lowest BCUT2D eigenvalue weighted by Gasteiger charge is -2.04. The van der Waals surface area contributed by atoms with Crippen LogP contribution in [0.4, 0.5) is 4.39 Å². The van der Waals surface area contributed by atoms with Gasteiger partial charge in [0.05, 0.1) is 6.61 Å². The van der Waals surface area contributed by atoms with Gasteiger partial charge in [-0.05, 0) is 43.2 Å². The van der Waals surface area contributed by atoms with Crippen molar-refractivity contribution >= 4 is 5.97 Å². The molecule has 22 heavy (non-hydrogen) atoms. The van der Waals surface area contributed by atoms with Crippen LogP contribution in [-0.4, -0.2) is 12.6 Å². The highest BCUT2D eigenvalue weighted by molar-refractivity contribution is 5.69. The molecule has 0 N–H and O–H groups in total. The van der Waals surface area contributed by atoms with Crippen LogP contribution in [0.1, 0.15) is 30.0 Å². The molecule has 0 atom stereocenters. The molecule has 2 nitrogen and oxygen atoms in total. The van der Waals surface area contributed by atoms with Gasteiger partial charge in [-0.15, -0.1) is 0 Å². The minimum atomic E-state index is -0.343. The van der Waals surface area contributed by atoms with Crippen molar-refractivity contribution in [2.75, 3.05) is 6.61 Å². The molecule has 0 unspecified atom stereocenters. The van der Waals surface area contributed by atoms with Crippen LogP contribution >= 0.6 is 0 Å². The fourth-order valence-corrected chi connectivity index (χ4v) is 1.96. The van der Waals surface area contributed by atoms with Gasteiger partial charge in [0, 0.05) is 17.5 Å². The van der Waals surface area contributed by atoms with E-state index in [1.165, 1.54) is 6.07 Å². The first kappa shape index (κ1) is 15.8. The molecule has 0 saturated heterocycles. The summed E-state index contributed by atoms with van der Waals surface area (Å²) >= 11 is 0. The summed E-state index contributed by atoms with van der Waals surface area (Å²) in [5, 5.41) is 0. The van der Waals surface area contributed by atoms with Gasteiger partial charge in [0.25, 0.3) is 0 Å². The lowest BCUT2D eigenvalue weighted by Crippen LogP contribution is -2.06. The third-order valence-corrected chi connectivity index (χ3v) is 3.08. The van der Waals surface area contributed by atoms with Crippen molar-refractivity contribution in [1.29, 1.82) is 0 Å². The summed E-state index contributed by atoms with van der Waals surface area (Å²) in [6.07, 6.45) is 0.511. The first-order valence-electron chi connectivity index (χ1n) is 7.20. The number of ether oxygens (including phenoxy) is 1. The fraction of sp³-hybridized carbons (Fsp3) is 0.211. The highest BCUT2D eigenvalue weighted by Crippen LogP contribution is 2.12. The summed E-state index contributed by atoms with van der Waals surface area (Å²) < 4.78 is 18.8. The van der Waals surface area contributed by atoms with Crippen molar-refractivity contribution in [2.45, 2.75) is 19.8 Å². The predicted molar refractivity (Wildman–Crippen MR) is 83.8 cm³/mol. The summed E-state index contributed by atoms with van der Waals surface area (Å²) in [5.74, 6) is 5.26. The first-order valence-corrected chi connectivity index (χ1v) is 7.20. The molecule has 0 aliphatic rings. The van der Waals surface area contributed by atoms with Gasteiger partial charge >= 0.3 is 5.97 Å². The zero-order chi connectivity index (χ0) is 15.8. The SMILES string of the molecule is CCOC(=O)CCc1ccc(C#Cc2ccccc2)cc1F. The van der Waals surface area contributed by atoms with Gasteiger partial charge in [0.1, 0.15) is 5.82 Å². The molecule has 0 aliphatic carbocycles. The van der Waals surface area contributed by atoms with Crippen LogP contribution < -0.4 is 0 Å². The smallest absolute Gasteiger partial charge is 0.306 e. The van der Waals surface area contributed by atoms with E-state index >= 15 is 0 Å². The van der Waals surface area contributed by atoms with Gasteiger partial charge in [-0.2, -0.15) is 0 Å². The lowest BCUT2D eigenvalue weighted by molar-refractivity contribution is -0.143. The Morgan fingerprint density at radius 1 is 1.09 bits per heavy atom. The highest BCUT2D eigenvalue weighted by atomic mass is 19.1. The van der Waals surface area contributed by atoms with Crippen LogP contribution in [-0.2, 0) is 16.0 Å². The van der Waals surface area contributed by atoms with Gasteiger partial charge in [-0.1, -0.05) is 36.1 Å². The standard InChI is InChI=1S/C19H17FO2/c1-2-22-19(21)13-12-17-11-10-16(14-18(17)20)9-8-15-6-4-3-5-7-15/h3-7,10-11,14H,2,12-13H2,1H3. The maximum Gasteiger partial charge on any atom is 0.306 e. The molecular formula is C19H17FO2. The van der Waals surface area contributed by atoms with Crippen LogP contribution in [0.3, 0.4) is 0 Å². The van der Waals surface area contributed by atoms with E-state index in [9.17, 15) is 9.18 Å². The summed E-state index contributed by atoms with van der Waals surface area (Å²) in [4.78, 5) is 11.3. The highest BCUT2D eigenvalue weighted by Gasteiger charge is 2.07. The largest absolute Gasteiger partial charge is 0.466 e. The van der Waals surface area contributed by atoms with Gasteiger partial charge in [0.15, 0.2) is 0 Å². The normalized spacial score (nSPS) is 9.73. The molecule has 0 aromatic heterocycles. The zero-order valence-corrected chi connectivity index (χ0v) is 12.4. The molecule has 0 saturated carbocycles. The Labute approximate surface area is 129 Å². The number of hydrogen-bond acceptors (Lipinski definition) is 2. The number of benzene rings is 2. The Hall–Kier alpha value is -2.60. The average molecular weight is 296 g/mol. The van der Waals surface area contributed by atoms with Crippen molar-refractivity contribution in [1.82, 2.24) is 0 Å². The van der Waals surface area contributed by atoms with Crippen molar-refractivity contribution in [3.63, 3.8) is 0 Å². The number of hydrogen-bond donors (Lipinski definition) is 0. The minimum absolute atomic E-state index is 0.180. The van der Waals surface area contributed by atoms with E-state index in [2.05, 4.69) is 11.8 Å². The van der Waals surface area contributed by atoms with Crippen molar-refractivity contribution in [2.24, 2.45) is 0 Å². The molecule has 2 rings (SSSR count). The van der Waals surface area contributed by atoms with E-state index in [4.69, 9.17) is 4.74 Å². The summed E-state index contributed by atoms with van der Waals surface area (Å²) in [6.45, 7) is 2.09. The number of aryl methyl sites for hydroxylation is 1. The van der Waals surface area contributed by atoms with Crippen LogP contribution in [0.15, 0.2) is 48.5 Å². The van der Waals surface area contributed by atoms with Crippen molar-refractivity contribution in [3.05, 3.63) is 71.0 Å². The van der Waals surface area contributed by atoms with Crippen LogP contribution in [0.5, 0.6) is 0 Å². The Morgan fingerprint density at radius 2 is 1.82 bits per heavy atom. The van der Waals surface area contributed by atoms with Crippen LogP contribution in [0.2, 0.25) is 0 Å². The maximum absolute atomic E-state index is 14.0. The molecule has 2 aromatic rings. The second-order valence-corrected chi connectivity index (χ2v) is 4.73. The van der Waals surface area contributed by atoms with E-state index < -0.39 is 0 Å². The van der Waals surface area contributed by atoms with Gasteiger partial charge in [0.2, 0.25) is 0 Å². The molecule has 3 heteroatoms. The summed E-state index contributed by atoms with van der Waals surface area (Å²) in [6, 6.07) is 14.4. The first-order chi connectivity index (χ1) is 10.7. The number of carbonyl (C=O) groups is 1. The molecule has 0 fully saturated rings. The van der Waals surface area contributed by atoms with E-state index in [1.807, 2.05) is 30.3 Å². The molecule has 112 valence electrons. The second kappa shape index (κ2) is 7.99. The Bertz CT molecular complexity index is 696. The van der Waals surface area contributed by atoms with E-state index in [-0.39, 0.29) is 18.2 Å². The molecule has 0 aliphatic heterocycles. The molecule has 0 spiro atoms. The number of carbonyl (C=O) groups excluding carboxylic acids is 1. The van der Waals surface area contributed by atoms with Gasteiger partial charge in [-0.25, -0.2) is 4.39 Å².